The van der Waals surface area contributed by atoms with Gasteiger partial charge in [-0.1, -0.05) is 70.4 Å². The molecule has 0 aromatic carbocycles. The molecular formula is C23H45NO3P+. The number of quaternary nitrogens is 1. The Labute approximate surface area is 175 Å². The quantitative estimate of drug-likeness (QED) is 0.119. The van der Waals surface area contributed by atoms with Gasteiger partial charge in [0.05, 0.1) is 21.1 Å². The minimum absolute atomic E-state index is 0.209. The zero-order valence-corrected chi connectivity index (χ0v) is 19.8. The molecule has 0 spiro atoms. The number of hydrogen-bond acceptors (Lipinski definition) is 3. The summed E-state index contributed by atoms with van der Waals surface area (Å²) >= 11 is 0. The molecule has 0 aliphatic carbocycles. The van der Waals surface area contributed by atoms with E-state index in [1.807, 2.05) is 21.1 Å². The van der Waals surface area contributed by atoms with E-state index in [2.05, 4.69) is 19.1 Å². The molecule has 1 unspecified atom stereocenters. The minimum atomic E-state index is -2.11. The van der Waals surface area contributed by atoms with Gasteiger partial charge in [-0.05, 0) is 32.1 Å². The van der Waals surface area contributed by atoms with Gasteiger partial charge in [0, 0.05) is 6.42 Å². The van der Waals surface area contributed by atoms with Gasteiger partial charge in [-0.25, -0.2) is 0 Å². The van der Waals surface area contributed by atoms with E-state index in [0.717, 1.165) is 25.7 Å². The molecule has 4 nitrogen and oxygen atoms in total. The van der Waals surface area contributed by atoms with Crippen molar-refractivity contribution in [3.8, 4) is 0 Å². The highest BCUT2D eigenvalue weighted by Gasteiger charge is 2.28. The molecule has 0 amide bonds. The summed E-state index contributed by atoms with van der Waals surface area (Å²) in [6.45, 7) is 2.46. The summed E-state index contributed by atoms with van der Waals surface area (Å²) in [6, 6.07) is 0. The van der Waals surface area contributed by atoms with Crippen LogP contribution < -0.4 is 0 Å². The molecule has 5 heteroatoms. The molecule has 164 valence electrons. The Hall–Kier alpha value is -0.570. The molecule has 0 aromatic heterocycles. The molecule has 0 saturated heterocycles. The van der Waals surface area contributed by atoms with Crippen LogP contribution in [0.15, 0.2) is 12.2 Å². The SMILES string of the molecule is CCCCCCCC/C=C\CCCCCCCC(=O)P(O)C(=O)C[N+](C)(C)C. The van der Waals surface area contributed by atoms with E-state index in [9.17, 15) is 14.5 Å². The summed E-state index contributed by atoms with van der Waals surface area (Å²) in [5.74, 6) is 0. The number of allylic oxidation sites excluding steroid dienone is 2. The topological polar surface area (TPSA) is 54.4 Å². The monoisotopic (exact) mass is 414 g/mol. The number of hydrogen-bond donors (Lipinski definition) is 1. The van der Waals surface area contributed by atoms with Crippen LogP contribution in [-0.2, 0) is 9.59 Å². The molecule has 0 fully saturated rings. The van der Waals surface area contributed by atoms with Crippen molar-refractivity contribution in [3.63, 3.8) is 0 Å². The fourth-order valence-electron chi connectivity index (χ4n) is 3.06. The lowest BCUT2D eigenvalue weighted by Gasteiger charge is -2.23. The summed E-state index contributed by atoms with van der Waals surface area (Å²) in [6.07, 6.45) is 20.8. The van der Waals surface area contributed by atoms with Crippen molar-refractivity contribution in [3.05, 3.63) is 12.2 Å². The second-order valence-corrected chi connectivity index (χ2v) is 10.5. The van der Waals surface area contributed by atoms with Gasteiger partial charge < -0.3 is 9.38 Å². The van der Waals surface area contributed by atoms with Crippen LogP contribution in [0.4, 0.5) is 0 Å². The smallest absolute Gasteiger partial charge is 0.242 e. The summed E-state index contributed by atoms with van der Waals surface area (Å²) in [5, 5.41) is 0. The molecular weight excluding hydrogens is 369 g/mol. The summed E-state index contributed by atoms with van der Waals surface area (Å²) < 4.78 is 0.443. The first-order chi connectivity index (χ1) is 13.3. The average molecular weight is 415 g/mol. The van der Waals surface area contributed by atoms with Crippen molar-refractivity contribution in [2.24, 2.45) is 0 Å². The van der Waals surface area contributed by atoms with E-state index in [-0.39, 0.29) is 17.6 Å². The van der Waals surface area contributed by atoms with Crippen molar-refractivity contribution >= 4 is 19.2 Å². The molecule has 0 saturated carbocycles. The van der Waals surface area contributed by atoms with Gasteiger partial charge in [0.15, 0.2) is 13.7 Å². The van der Waals surface area contributed by atoms with Gasteiger partial charge in [-0.3, -0.25) is 9.59 Å². The van der Waals surface area contributed by atoms with E-state index < -0.39 is 8.15 Å². The number of carbonyl (C=O) groups excluding carboxylic acids is 2. The lowest BCUT2D eigenvalue weighted by Crippen LogP contribution is -2.39. The summed E-state index contributed by atoms with van der Waals surface area (Å²) in [7, 11) is 3.54. The maximum Gasteiger partial charge on any atom is 0.242 e. The molecule has 0 heterocycles. The summed E-state index contributed by atoms with van der Waals surface area (Å²) in [5.41, 5.74) is -0.564. The van der Waals surface area contributed by atoms with Gasteiger partial charge in [0.25, 0.3) is 0 Å². The van der Waals surface area contributed by atoms with Crippen LogP contribution in [0, 0.1) is 0 Å². The van der Waals surface area contributed by atoms with E-state index in [4.69, 9.17) is 0 Å². The van der Waals surface area contributed by atoms with Crippen LogP contribution in [0.1, 0.15) is 96.8 Å². The highest BCUT2D eigenvalue weighted by atomic mass is 31.1. The lowest BCUT2D eigenvalue weighted by molar-refractivity contribution is -0.861. The molecule has 0 aliphatic rings. The van der Waals surface area contributed by atoms with Crippen LogP contribution in [0.2, 0.25) is 0 Å². The highest BCUT2D eigenvalue weighted by Crippen LogP contribution is 2.34. The lowest BCUT2D eigenvalue weighted by atomic mass is 10.1. The van der Waals surface area contributed by atoms with Crippen molar-refractivity contribution in [2.45, 2.75) is 96.8 Å². The number of rotatable bonds is 19. The molecule has 1 N–H and O–H groups in total. The third-order valence-corrected chi connectivity index (χ3v) is 6.04. The van der Waals surface area contributed by atoms with Gasteiger partial charge in [0.1, 0.15) is 6.54 Å². The van der Waals surface area contributed by atoms with Crippen LogP contribution >= 0.6 is 8.15 Å². The Kier molecular flexibility index (Phi) is 16.9. The van der Waals surface area contributed by atoms with Crippen LogP contribution in [0.5, 0.6) is 0 Å². The van der Waals surface area contributed by atoms with Crippen molar-refractivity contribution in [1.29, 1.82) is 0 Å². The average Bonchev–Trinajstić information content (AvgIpc) is 2.62. The second-order valence-electron chi connectivity index (χ2n) is 8.88. The van der Waals surface area contributed by atoms with Crippen molar-refractivity contribution in [1.82, 2.24) is 0 Å². The minimum Gasteiger partial charge on any atom is -0.360 e. The first kappa shape index (κ1) is 27.4. The van der Waals surface area contributed by atoms with E-state index in [1.165, 1.54) is 57.8 Å². The highest BCUT2D eigenvalue weighted by molar-refractivity contribution is 7.84. The number of carbonyl (C=O) groups is 2. The second kappa shape index (κ2) is 17.3. The predicted molar refractivity (Wildman–Crippen MR) is 122 cm³/mol. The van der Waals surface area contributed by atoms with Crippen LogP contribution in [-0.4, -0.2) is 48.1 Å². The number of likely N-dealkylation sites (N-methyl/N-ethyl adjacent to an activating group) is 1. The Morgan fingerprint density at radius 3 is 1.71 bits per heavy atom. The van der Waals surface area contributed by atoms with E-state index >= 15 is 0 Å². The molecule has 0 aliphatic heterocycles. The van der Waals surface area contributed by atoms with Crippen LogP contribution in [0.3, 0.4) is 0 Å². The first-order valence-electron chi connectivity index (χ1n) is 11.3. The summed E-state index contributed by atoms with van der Waals surface area (Å²) in [4.78, 5) is 33.8. The van der Waals surface area contributed by atoms with E-state index in [1.54, 1.807) is 0 Å². The molecule has 0 aromatic rings. The molecule has 0 bridgehead atoms. The van der Waals surface area contributed by atoms with Crippen molar-refractivity contribution in [2.75, 3.05) is 27.7 Å². The zero-order valence-electron chi connectivity index (χ0n) is 18.9. The Morgan fingerprint density at radius 1 is 0.750 bits per heavy atom. The molecule has 1 atom stereocenters. The molecule has 0 radical (unpaired) electrons. The fourth-order valence-corrected chi connectivity index (χ4v) is 4.27. The standard InChI is InChI=1S/C23H45NO3P/c1-5-6-7-8-9-10-11-12-13-14-15-16-17-18-19-20-22(25)28(27)23(26)21-24(2,3)4/h12-13,27H,5-11,14-21H2,1-4H3/q+1/b13-12-. The Balaban J connectivity index is 3.53. The third kappa shape index (κ3) is 17.5. The number of nitrogens with zero attached hydrogens (tertiary/aromatic N) is 1. The maximum absolute atomic E-state index is 11.9. The molecule has 28 heavy (non-hydrogen) atoms. The Bertz CT molecular complexity index is 444. The van der Waals surface area contributed by atoms with E-state index in [0.29, 0.717) is 10.9 Å². The first-order valence-corrected chi connectivity index (χ1v) is 12.6. The fraction of sp³-hybridized carbons (Fsp3) is 0.826. The zero-order chi connectivity index (χ0) is 21.3. The largest absolute Gasteiger partial charge is 0.360 e. The van der Waals surface area contributed by atoms with Gasteiger partial charge in [-0.2, -0.15) is 0 Å². The van der Waals surface area contributed by atoms with Crippen molar-refractivity contribution < 1.29 is 19.0 Å². The maximum atomic E-state index is 11.9. The van der Waals surface area contributed by atoms with Gasteiger partial charge in [-0.15, -0.1) is 0 Å². The van der Waals surface area contributed by atoms with Gasteiger partial charge >= 0.3 is 0 Å². The number of unbranched alkanes of at least 4 members (excludes halogenated alkanes) is 11. The van der Waals surface area contributed by atoms with Crippen LogP contribution in [0.25, 0.3) is 0 Å². The third-order valence-electron chi connectivity index (χ3n) is 4.73. The normalized spacial score (nSPS) is 13.2. The van der Waals surface area contributed by atoms with Gasteiger partial charge in [0.2, 0.25) is 5.52 Å². The predicted octanol–water partition coefficient (Wildman–Crippen LogP) is 6.17. The Morgan fingerprint density at radius 2 is 1.21 bits per heavy atom. The molecule has 0 rings (SSSR count).